The zero-order chi connectivity index (χ0) is 24.7. The number of ether oxygens (including phenoxy) is 3. The molecule has 0 unspecified atom stereocenters. The number of nitrogens with one attached hydrogen (secondary N) is 1. The molecule has 0 spiro atoms. The number of nitrogens with zero attached hydrogens (tertiary/aromatic N) is 3. The lowest BCUT2D eigenvalue weighted by molar-refractivity contribution is -0.117. The Morgan fingerprint density at radius 2 is 1.77 bits per heavy atom. The van der Waals surface area contributed by atoms with Crippen LogP contribution in [0.3, 0.4) is 0 Å². The first-order chi connectivity index (χ1) is 17.0. The van der Waals surface area contributed by atoms with Gasteiger partial charge in [0.15, 0.2) is 11.5 Å². The Bertz CT molecular complexity index is 1340. The van der Waals surface area contributed by atoms with Gasteiger partial charge in [-0.25, -0.2) is 4.98 Å². The third kappa shape index (κ3) is 3.50. The quantitative estimate of drug-likeness (QED) is 0.585. The number of carbonyl (C=O) groups excluding carboxylic acids is 3. The van der Waals surface area contributed by atoms with Gasteiger partial charge in [0.1, 0.15) is 12.7 Å². The van der Waals surface area contributed by atoms with Crippen LogP contribution < -0.4 is 24.4 Å². The number of methoxy groups -OCH3 is 3. The number of fused-ring (bicyclic) bond motifs is 5. The Labute approximate surface area is 201 Å². The number of pyridine rings is 1. The normalized spacial score (nSPS) is 15.8. The van der Waals surface area contributed by atoms with Gasteiger partial charge in [0.25, 0.3) is 11.8 Å². The monoisotopic (exact) mass is 474 g/mol. The molecule has 3 aromatic rings. The van der Waals surface area contributed by atoms with Crippen molar-refractivity contribution < 1.29 is 28.6 Å². The van der Waals surface area contributed by atoms with Crippen molar-refractivity contribution in [3.05, 3.63) is 71.4 Å². The number of hydrogen-bond acceptors (Lipinski definition) is 7. The number of para-hydroxylation sites is 1. The molecule has 0 aliphatic carbocycles. The van der Waals surface area contributed by atoms with Gasteiger partial charge < -0.3 is 24.4 Å². The Morgan fingerprint density at radius 1 is 0.971 bits per heavy atom. The predicted molar refractivity (Wildman–Crippen MR) is 126 cm³/mol. The van der Waals surface area contributed by atoms with Crippen LogP contribution in [0.1, 0.15) is 32.4 Å². The van der Waals surface area contributed by atoms with Crippen molar-refractivity contribution in [2.75, 3.05) is 38.1 Å². The summed E-state index contributed by atoms with van der Waals surface area (Å²) in [7, 11) is 4.44. The maximum absolute atomic E-state index is 13.7. The van der Waals surface area contributed by atoms with Gasteiger partial charge in [-0.1, -0.05) is 18.2 Å². The fraction of sp³-hybridized carbons (Fsp3) is 0.200. The summed E-state index contributed by atoms with van der Waals surface area (Å²) in [5, 5.41) is 2.74. The molecule has 3 amide bonds. The first-order valence-electron chi connectivity index (χ1n) is 10.8. The predicted octanol–water partition coefficient (Wildman–Crippen LogP) is 2.86. The molecule has 3 heterocycles. The van der Waals surface area contributed by atoms with Crippen molar-refractivity contribution in [1.29, 1.82) is 0 Å². The van der Waals surface area contributed by atoms with Crippen LogP contribution in [0, 0.1) is 0 Å². The molecule has 0 saturated carbocycles. The number of amides is 3. The molecule has 0 fully saturated rings. The molecule has 1 atom stereocenters. The number of aromatic nitrogens is 1. The zero-order valence-electron chi connectivity index (χ0n) is 19.3. The first-order valence-corrected chi connectivity index (χ1v) is 10.8. The maximum atomic E-state index is 13.7. The van der Waals surface area contributed by atoms with Gasteiger partial charge in [0.05, 0.1) is 50.0 Å². The van der Waals surface area contributed by atoms with E-state index in [1.165, 1.54) is 37.3 Å². The van der Waals surface area contributed by atoms with E-state index in [0.29, 0.717) is 39.7 Å². The SMILES string of the molecule is COc1ccc(NC(=O)CN2C(=O)c3ccccc3N3C(=O)c4c(ccc(OC)c4OC)[C@@H]23)cn1. The maximum Gasteiger partial charge on any atom is 0.264 e. The molecular formula is C25H22N4O6. The molecule has 35 heavy (non-hydrogen) atoms. The Kier molecular flexibility index (Phi) is 5.48. The summed E-state index contributed by atoms with van der Waals surface area (Å²) < 4.78 is 15.9. The zero-order valence-corrected chi connectivity index (χ0v) is 19.3. The lowest BCUT2D eigenvalue weighted by Crippen LogP contribution is -2.50. The summed E-state index contributed by atoms with van der Waals surface area (Å²) in [5.74, 6) is -0.0536. The average Bonchev–Trinajstić information content (AvgIpc) is 3.18. The highest BCUT2D eigenvalue weighted by Gasteiger charge is 2.50. The van der Waals surface area contributed by atoms with Crippen molar-refractivity contribution in [3.8, 4) is 17.4 Å². The van der Waals surface area contributed by atoms with Crippen molar-refractivity contribution >= 4 is 29.1 Å². The van der Waals surface area contributed by atoms with Crippen molar-refractivity contribution in [3.63, 3.8) is 0 Å². The molecule has 2 aliphatic rings. The van der Waals surface area contributed by atoms with Gasteiger partial charge in [0.2, 0.25) is 11.8 Å². The van der Waals surface area contributed by atoms with Crippen LogP contribution >= 0.6 is 0 Å². The Balaban J connectivity index is 1.55. The number of benzene rings is 2. The molecule has 1 aromatic heterocycles. The summed E-state index contributed by atoms with van der Waals surface area (Å²) in [6.07, 6.45) is 0.640. The van der Waals surface area contributed by atoms with Gasteiger partial charge in [0, 0.05) is 11.6 Å². The average molecular weight is 474 g/mol. The van der Waals surface area contributed by atoms with E-state index in [1.807, 2.05) is 0 Å². The number of anilines is 2. The van der Waals surface area contributed by atoms with E-state index >= 15 is 0 Å². The van der Waals surface area contributed by atoms with E-state index in [2.05, 4.69) is 10.3 Å². The van der Waals surface area contributed by atoms with Gasteiger partial charge in [-0.3, -0.25) is 19.3 Å². The summed E-state index contributed by atoms with van der Waals surface area (Å²) in [4.78, 5) is 47.2. The summed E-state index contributed by atoms with van der Waals surface area (Å²) in [6, 6.07) is 13.5. The summed E-state index contributed by atoms with van der Waals surface area (Å²) >= 11 is 0. The van der Waals surface area contributed by atoms with E-state index in [1.54, 1.807) is 48.5 Å². The summed E-state index contributed by atoms with van der Waals surface area (Å²) in [6.45, 7) is -0.290. The van der Waals surface area contributed by atoms with Crippen LogP contribution in [0.5, 0.6) is 17.4 Å². The number of hydrogen-bond donors (Lipinski definition) is 1. The van der Waals surface area contributed by atoms with Crippen molar-refractivity contribution in [2.24, 2.45) is 0 Å². The Morgan fingerprint density at radius 3 is 2.46 bits per heavy atom. The minimum atomic E-state index is -0.820. The highest BCUT2D eigenvalue weighted by atomic mass is 16.5. The molecule has 10 nitrogen and oxygen atoms in total. The molecule has 2 aromatic carbocycles. The Hall–Kier alpha value is -4.60. The van der Waals surface area contributed by atoms with Crippen LogP contribution in [0.4, 0.5) is 11.4 Å². The van der Waals surface area contributed by atoms with E-state index in [4.69, 9.17) is 14.2 Å². The van der Waals surface area contributed by atoms with Crippen molar-refractivity contribution in [1.82, 2.24) is 9.88 Å². The standard InChI is InChI=1S/C25H22N4O6/c1-33-18-10-9-16-21(22(18)35-3)25(32)29-17-7-5-4-6-15(17)24(31)28(23(16)29)13-19(30)27-14-8-11-20(34-2)26-12-14/h4-12,23H,13H2,1-3H3,(H,27,30)/t23-/m0/s1. The molecule has 1 N–H and O–H groups in total. The third-order valence-corrected chi connectivity index (χ3v) is 6.03. The molecule has 0 bridgehead atoms. The number of rotatable bonds is 6. The van der Waals surface area contributed by atoms with Crippen LogP contribution in [0.2, 0.25) is 0 Å². The van der Waals surface area contributed by atoms with Crippen LogP contribution in [-0.4, -0.2) is 55.5 Å². The lowest BCUT2D eigenvalue weighted by atomic mass is 10.0. The fourth-order valence-electron chi connectivity index (χ4n) is 4.52. The smallest absolute Gasteiger partial charge is 0.264 e. The van der Waals surface area contributed by atoms with Crippen LogP contribution in [0.15, 0.2) is 54.7 Å². The van der Waals surface area contributed by atoms with E-state index in [0.717, 1.165) is 0 Å². The second-order valence-corrected chi connectivity index (χ2v) is 7.90. The molecule has 10 heteroatoms. The minimum Gasteiger partial charge on any atom is -0.493 e. The van der Waals surface area contributed by atoms with E-state index in [9.17, 15) is 14.4 Å². The second kappa shape index (κ2) is 8.64. The van der Waals surface area contributed by atoms with Gasteiger partial charge in [-0.15, -0.1) is 0 Å². The first kappa shape index (κ1) is 22.2. The minimum absolute atomic E-state index is 0.281. The van der Waals surface area contributed by atoms with E-state index < -0.39 is 12.1 Å². The molecule has 2 aliphatic heterocycles. The number of carbonyl (C=O) groups is 3. The van der Waals surface area contributed by atoms with Gasteiger partial charge >= 0.3 is 0 Å². The van der Waals surface area contributed by atoms with Crippen LogP contribution in [0.25, 0.3) is 0 Å². The second-order valence-electron chi connectivity index (χ2n) is 7.90. The van der Waals surface area contributed by atoms with E-state index in [-0.39, 0.29) is 24.1 Å². The van der Waals surface area contributed by atoms with Crippen molar-refractivity contribution in [2.45, 2.75) is 6.17 Å². The molecule has 0 saturated heterocycles. The molecule has 178 valence electrons. The highest BCUT2D eigenvalue weighted by Crippen LogP contribution is 2.49. The fourth-order valence-corrected chi connectivity index (χ4v) is 4.52. The van der Waals surface area contributed by atoms with Gasteiger partial charge in [-0.05, 0) is 24.3 Å². The molecular weight excluding hydrogens is 452 g/mol. The molecule has 0 radical (unpaired) electrons. The summed E-state index contributed by atoms with van der Waals surface area (Å²) in [5.41, 5.74) is 2.10. The molecule has 5 rings (SSSR count). The topological polar surface area (TPSA) is 110 Å². The third-order valence-electron chi connectivity index (χ3n) is 6.03. The lowest BCUT2D eigenvalue weighted by Gasteiger charge is -2.40. The van der Waals surface area contributed by atoms with Gasteiger partial charge in [-0.2, -0.15) is 0 Å². The largest absolute Gasteiger partial charge is 0.493 e. The van der Waals surface area contributed by atoms with Crippen LogP contribution in [-0.2, 0) is 4.79 Å². The highest BCUT2D eigenvalue weighted by molar-refractivity contribution is 6.18.